The summed E-state index contributed by atoms with van der Waals surface area (Å²) in [5, 5.41) is 9.80. The highest BCUT2D eigenvalue weighted by molar-refractivity contribution is 4.95. The van der Waals surface area contributed by atoms with Crippen LogP contribution in [0.1, 0.15) is 52.4 Å². The van der Waals surface area contributed by atoms with Gasteiger partial charge in [-0.3, -0.25) is 0 Å². The smallest absolute Gasteiger partial charge is 0.0639 e. The standard InChI is InChI=1S/C19H39N3O/c1-17(2)9-6-7-12-21-18(3)10-8-11-19(4)22-14-16-23-15-13-20-5/h17,20-22H,3-4,6-16H2,1-2,5H3. The monoisotopic (exact) mass is 325 g/mol. The molecule has 0 spiro atoms. The van der Waals surface area contributed by atoms with Gasteiger partial charge in [0.15, 0.2) is 0 Å². The van der Waals surface area contributed by atoms with Crippen molar-refractivity contribution < 1.29 is 4.74 Å². The van der Waals surface area contributed by atoms with Gasteiger partial charge in [0.1, 0.15) is 0 Å². The van der Waals surface area contributed by atoms with Crippen molar-refractivity contribution in [3.8, 4) is 0 Å². The molecule has 0 saturated carbocycles. The van der Waals surface area contributed by atoms with E-state index in [1.165, 1.54) is 19.3 Å². The van der Waals surface area contributed by atoms with Gasteiger partial charge in [0.05, 0.1) is 13.2 Å². The molecule has 0 aromatic rings. The summed E-state index contributed by atoms with van der Waals surface area (Å²) < 4.78 is 5.46. The lowest BCUT2D eigenvalue weighted by Crippen LogP contribution is -2.21. The third kappa shape index (κ3) is 17.2. The molecule has 0 aromatic carbocycles. The van der Waals surface area contributed by atoms with E-state index >= 15 is 0 Å². The van der Waals surface area contributed by atoms with Crippen molar-refractivity contribution in [1.29, 1.82) is 0 Å². The maximum absolute atomic E-state index is 5.46. The molecule has 0 rings (SSSR count). The maximum Gasteiger partial charge on any atom is 0.0639 e. The quantitative estimate of drug-likeness (QED) is 0.359. The molecule has 0 saturated heterocycles. The number of allylic oxidation sites excluding steroid dienone is 2. The zero-order valence-corrected chi connectivity index (χ0v) is 15.7. The first kappa shape index (κ1) is 22.0. The molecule has 0 bridgehead atoms. The van der Waals surface area contributed by atoms with Gasteiger partial charge in [0.25, 0.3) is 0 Å². The summed E-state index contributed by atoms with van der Waals surface area (Å²) >= 11 is 0. The minimum Gasteiger partial charge on any atom is -0.389 e. The second-order valence-corrected chi connectivity index (χ2v) is 6.52. The number of rotatable bonds is 17. The number of ether oxygens (including phenoxy) is 1. The SMILES string of the molecule is C=C(CCCC(=C)NCCOCCNC)NCCCCC(C)C. The average Bonchev–Trinajstić information content (AvgIpc) is 2.50. The van der Waals surface area contributed by atoms with Gasteiger partial charge in [-0.2, -0.15) is 0 Å². The van der Waals surface area contributed by atoms with Gasteiger partial charge in [-0.05, 0) is 38.6 Å². The van der Waals surface area contributed by atoms with Gasteiger partial charge >= 0.3 is 0 Å². The van der Waals surface area contributed by atoms with Gasteiger partial charge in [0, 0.05) is 31.0 Å². The second kappa shape index (κ2) is 15.9. The lowest BCUT2D eigenvalue weighted by Gasteiger charge is -2.12. The molecule has 0 atom stereocenters. The molecule has 0 fully saturated rings. The van der Waals surface area contributed by atoms with Crippen molar-refractivity contribution >= 4 is 0 Å². The number of hydrogen-bond acceptors (Lipinski definition) is 4. The molecule has 0 aliphatic heterocycles. The molecule has 0 radical (unpaired) electrons. The lowest BCUT2D eigenvalue weighted by atomic mass is 10.1. The van der Waals surface area contributed by atoms with E-state index in [0.29, 0.717) is 0 Å². The number of nitrogens with one attached hydrogen (secondary N) is 3. The molecule has 136 valence electrons. The summed E-state index contributed by atoms with van der Waals surface area (Å²) in [5.74, 6) is 0.811. The van der Waals surface area contributed by atoms with E-state index in [4.69, 9.17) is 4.74 Å². The van der Waals surface area contributed by atoms with Crippen LogP contribution in [0.5, 0.6) is 0 Å². The Hall–Kier alpha value is -1.00. The van der Waals surface area contributed by atoms with E-state index in [1.807, 2.05) is 7.05 Å². The van der Waals surface area contributed by atoms with Gasteiger partial charge < -0.3 is 20.7 Å². The first-order valence-electron chi connectivity index (χ1n) is 9.12. The van der Waals surface area contributed by atoms with E-state index in [0.717, 1.165) is 69.4 Å². The predicted molar refractivity (Wildman–Crippen MR) is 102 cm³/mol. The lowest BCUT2D eigenvalue weighted by molar-refractivity contribution is 0.140. The molecule has 4 nitrogen and oxygen atoms in total. The fraction of sp³-hybridized carbons (Fsp3) is 0.789. The minimum atomic E-state index is 0.728. The molecule has 0 heterocycles. The Kier molecular flexibility index (Phi) is 15.2. The number of hydrogen-bond donors (Lipinski definition) is 3. The summed E-state index contributed by atoms with van der Waals surface area (Å²) in [6.07, 6.45) is 6.95. The predicted octanol–water partition coefficient (Wildman–Crippen LogP) is 3.43. The topological polar surface area (TPSA) is 45.3 Å². The fourth-order valence-electron chi connectivity index (χ4n) is 2.21. The molecule has 0 unspecified atom stereocenters. The van der Waals surface area contributed by atoms with Gasteiger partial charge in [-0.25, -0.2) is 0 Å². The molecule has 3 N–H and O–H groups in total. The summed E-state index contributed by atoms with van der Waals surface area (Å²) in [6, 6.07) is 0. The summed E-state index contributed by atoms with van der Waals surface area (Å²) in [7, 11) is 1.93. The van der Waals surface area contributed by atoms with Gasteiger partial charge in [-0.15, -0.1) is 0 Å². The third-order valence-corrected chi connectivity index (χ3v) is 3.66. The van der Waals surface area contributed by atoms with Crippen LogP contribution < -0.4 is 16.0 Å². The van der Waals surface area contributed by atoms with Crippen LogP contribution in [0.2, 0.25) is 0 Å². The highest BCUT2D eigenvalue weighted by atomic mass is 16.5. The first-order chi connectivity index (χ1) is 11.1. The minimum absolute atomic E-state index is 0.728. The van der Waals surface area contributed by atoms with Crippen LogP contribution >= 0.6 is 0 Å². The van der Waals surface area contributed by atoms with Crippen LogP contribution in [0, 0.1) is 5.92 Å². The summed E-state index contributed by atoms with van der Waals surface area (Å²) in [4.78, 5) is 0. The molecule has 0 amide bonds. The molecule has 0 aliphatic carbocycles. The van der Waals surface area contributed by atoms with E-state index in [-0.39, 0.29) is 0 Å². The van der Waals surface area contributed by atoms with Gasteiger partial charge in [0.2, 0.25) is 0 Å². The van der Waals surface area contributed by atoms with E-state index in [2.05, 4.69) is 43.0 Å². The van der Waals surface area contributed by atoms with Crippen molar-refractivity contribution in [2.45, 2.75) is 52.4 Å². The largest absolute Gasteiger partial charge is 0.389 e. The maximum atomic E-state index is 5.46. The van der Waals surface area contributed by atoms with Crippen LogP contribution in [-0.2, 0) is 4.74 Å². The Balaban J connectivity index is 3.37. The van der Waals surface area contributed by atoms with Crippen molar-refractivity contribution in [2.24, 2.45) is 5.92 Å². The molecule has 0 aromatic heterocycles. The second-order valence-electron chi connectivity index (χ2n) is 6.52. The molecule has 0 aliphatic rings. The Morgan fingerprint density at radius 1 is 0.870 bits per heavy atom. The Labute approximate surface area is 144 Å². The molecule has 4 heteroatoms. The molecule has 23 heavy (non-hydrogen) atoms. The first-order valence-corrected chi connectivity index (χ1v) is 9.12. The Morgan fingerprint density at radius 3 is 2.09 bits per heavy atom. The molecular weight excluding hydrogens is 286 g/mol. The van der Waals surface area contributed by atoms with Crippen molar-refractivity contribution in [1.82, 2.24) is 16.0 Å². The normalized spacial score (nSPS) is 10.8. The zero-order valence-electron chi connectivity index (χ0n) is 15.7. The zero-order chi connectivity index (χ0) is 17.3. The number of likely N-dealkylation sites (N-methyl/N-ethyl adjacent to an activating group) is 1. The fourth-order valence-corrected chi connectivity index (χ4v) is 2.21. The van der Waals surface area contributed by atoms with Crippen LogP contribution in [0.3, 0.4) is 0 Å². The Morgan fingerprint density at radius 2 is 1.48 bits per heavy atom. The molecular formula is C19H39N3O. The Bertz CT molecular complexity index is 303. The summed E-state index contributed by atoms with van der Waals surface area (Å²) in [5.41, 5.74) is 2.24. The van der Waals surface area contributed by atoms with Crippen LogP contribution in [-0.4, -0.2) is 39.9 Å². The summed E-state index contributed by atoms with van der Waals surface area (Å²) in [6.45, 7) is 17.0. The van der Waals surface area contributed by atoms with Crippen molar-refractivity contribution in [2.75, 3.05) is 39.9 Å². The number of unbranched alkanes of at least 4 members (excludes halogenated alkanes) is 1. The van der Waals surface area contributed by atoms with Crippen LogP contribution in [0.4, 0.5) is 0 Å². The van der Waals surface area contributed by atoms with Crippen LogP contribution in [0.15, 0.2) is 24.6 Å². The van der Waals surface area contributed by atoms with E-state index < -0.39 is 0 Å². The van der Waals surface area contributed by atoms with Crippen LogP contribution in [0.25, 0.3) is 0 Å². The van der Waals surface area contributed by atoms with Gasteiger partial charge in [-0.1, -0.05) is 39.8 Å². The average molecular weight is 326 g/mol. The van der Waals surface area contributed by atoms with E-state index in [1.54, 1.807) is 0 Å². The third-order valence-electron chi connectivity index (χ3n) is 3.66. The van der Waals surface area contributed by atoms with E-state index in [9.17, 15) is 0 Å². The highest BCUT2D eigenvalue weighted by Crippen LogP contribution is 2.08. The highest BCUT2D eigenvalue weighted by Gasteiger charge is 1.98. The van der Waals surface area contributed by atoms with Crippen molar-refractivity contribution in [3.63, 3.8) is 0 Å². The van der Waals surface area contributed by atoms with Crippen molar-refractivity contribution in [3.05, 3.63) is 24.6 Å².